The van der Waals surface area contributed by atoms with Crippen molar-refractivity contribution in [1.29, 1.82) is 0 Å². The molecule has 3 aliphatic rings. The van der Waals surface area contributed by atoms with Crippen molar-refractivity contribution in [2.24, 2.45) is 16.8 Å². The monoisotopic (exact) mass is 335 g/mol. The molecule has 4 nitrogen and oxygen atoms in total. The summed E-state index contributed by atoms with van der Waals surface area (Å²) in [6.45, 7) is 2.93. The van der Waals surface area contributed by atoms with Crippen LogP contribution in [-0.4, -0.2) is 42.1 Å². The van der Waals surface area contributed by atoms with Crippen LogP contribution in [0.1, 0.15) is 31.0 Å². The number of ketones is 1. The molecule has 0 spiro atoms. The summed E-state index contributed by atoms with van der Waals surface area (Å²) in [4.78, 5) is 19.6. The van der Waals surface area contributed by atoms with Crippen LogP contribution in [0.25, 0.3) is 11.3 Å². The van der Waals surface area contributed by atoms with Crippen LogP contribution < -0.4 is 0 Å². The Morgan fingerprint density at radius 1 is 1.40 bits per heavy atom. The van der Waals surface area contributed by atoms with E-state index < -0.39 is 0 Å². The van der Waals surface area contributed by atoms with Crippen LogP contribution in [0.2, 0.25) is 0 Å². The smallest absolute Gasteiger partial charge is 0.141 e. The Morgan fingerprint density at radius 2 is 2.24 bits per heavy atom. The maximum atomic E-state index is 12.7. The molecule has 0 saturated carbocycles. The number of hydrogen-bond acceptors (Lipinski definition) is 3. The lowest BCUT2D eigenvalue weighted by Gasteiger charge is -2.27. The number of hydrogen-bond donors (Lipinski definition) is 0. The number of carbonyl (C=O) groups excluding carboxylic acids is 1. The molecule has 1 aromatic heterocycles. The minimum Gasteiger partial charge on any atom is -0.314 e. The summed E-state index contributed by atoms with van der Waals surface area (Å²) in [5, 5.41) is 0. The molecule has 1 aliphatic heterocycles. The van der Waals surface area contributed by atoms with E-state index in [4.69, 9.17) is 4.99 Å². The van der Waals surface area contributed by atoms with E-state index in [1.54, 1.807) is 0 Å². The van der Waals surface area contributed by atoms with E-state index in [1.807, 2.05) is 20.3 Å². The highest BCUT2D eigenvalue weighted by molar-refractivity contribution is 6.12. The van der Waals surface area contributed by atoms with Gasteiger partial charge in [-0.2, -0.15) is 0 Å². The van der Waals surface area contributed by atoms with Crippen LogP contribution in [0.15, 0.2) is 41.2 Å². The van der Waals surface area contributed by atoms with E-state index in [2.05, 4.69) is 46.9 Å². The van der Waals surface area contributed by atoms with Crippen LogP contribution in [0, 0.1) is 11.8 Å². The second-order valence-corrected chi connectivity index (χ2v) is 7.48. The van der Waals surface area contributed by atoms with Gasteiger partial charge in [0.25, 0.3) is 0 Å². The van der Waals surface area contributed by atoms with Crippen molar-refractivity contribution in [3.8, 4) is 0 Å². The molecule has 1 aromatic rings. The molecule has 25 heavy (non-hydrogen) atoms. The first-order chi connectivity index (χ1) is 12.1. The number of aryl methyl sites for hydroxylation is 1. The van der Waals surface area contributed by atoms with Gasteiger partial charge in [0.2, 0.25) is 0 Å². The largest absolute Gasteiger partial charge is 0.314 e. The van der Waals surface area contributed by atoms with Crippen LogP contribution in [0.3, 0.4) is 0 Å². The van der Waals surface area contributed by atoms with E-state index in [0.29, 0.717) is 12.2 Å². The van der Waals surface area contributed by atoms with Crippen molar-refractivity contribution in [2.45, 2.75) is 26.2 Å². The topological polar surface area (TPSA) is 37.6 Å². The Balaban J connectivity index is 1.69. The van der Waals surface area contributed by atoms with Gasteiger partial charge in [-0.15, -0.1) is 0 Å². The second-order valence-electron chi connectivity index (χ2n) is 7.48. The third kappa shape index (κ3) is 2.74. The summed E-state index contributed by atoms with van der Waals surface area (Å²) in [6.07, 6.45) is 13.3. The first-order valence-corrected chi connectivity index (χ1v) is 9.11. The average molecular weight is 335 g/mol. The zero-order valence-electron chi connectivity index (χ0n) is 15.2. The quantitative estimate of drug-likeness (QED) is 0.845. The number of fused-ring (bicyclic) bond motifs is 1. The zero-order chi connectivity index (χ0) is 17.6. The summed E-state index contributed by atoms with van der Waals surface area (Å²) in [5.74, 6) is 0.326. The third-order valence-corrected chi connectivity index (χ3v) is 5.49. The summed E-state index contributed by atoms with van der Waals surface area (Å²) in [6, 6.07) is 2.22. The number of allylic oxidation sites excluding steroid dienone is 6. The predicted octanol–water partition coefficient (Wildman–Crippen LogP) is 3.41. The van der Waals surface area contributed by atoms with Gasteiger partial charge in [-0.05, 0) is 44.6 Å². The van der Waals surface area contributed by atoms with E-state index in [9.17, 15) is 4.79 Å². The van der Waals surface area contributed by atoms with Crippen LogP contribution in [-0.2, 0) is 11.2 Å². The fourth-order valence-corrected chi connectivity index (χ4v) is 4.06. The molecule has 2 unspecified atom stereocenters. The molecule has 130 valence electrons. The molecule has 0 radical (unpaired) electrons. The number of aromatic nitrogens is 1. The summed E-state index contributed by atoms with van der Waals surface area (Å²) in [7, 11) is 4.01. The molecule has 0 aromatic carbocycles. The van der Waals surface area contributed by atoms with Gasteiger partial charge in [0.1, 0.15) is 5.78 Å². The summed E-state index contributed by atoms with van der Waals surface area (Å²) in [5.41, 5.74) is 6.01. The van der Waals surface area contributed by atoms with Crippen molar-refractivity contribution < 1.29 is 4.79 Å². The normalized spacial score (nSPS) is 24.1. The first-order valence-electron chi connectivity index (χ1n) is 9.11. The number of rotatable bonds is 4. The fourth-order valence-electron chi connectivity index (χ4n) is 4.06. The average Bonchev–Trinajstić information content (AvgIpc) is 2.95. The highest BCUT2D eigenvalue weighted by Gasteiger charge is 2.32. The lowest BCUT2D eigenvalue weighted by Crippen LogP contribution is -2.27. The van der Waals surface area contributed by atoms with E-state index >= 15 is 0 Å². The summed E-state index contributed by atoms with van der Waals surface area (Å²) < 4.78 is 2.26. The molecule has 0 saturated heterocycles. The van der Waals surface area contributed by atoms with Crippen molar-refractivity contribution in [3.63, 3.8) is 0 Å². The minimum atomic E-state index is -0.0787. The molecule has 0 fully saturated rings. The van der Waals surface area contributed by atoms with Crippen LogP contribution in [0.4, 0.5) is 0 Å². The fraction of sp³-hybridized carbons (Fsp3) is 0.429. The first kappa shape index (κ1) is 16.3. The van der Waals surface area contributed by atoms with Crippen molar-refractivity contribution >= 4 is 23.3 Å². The molecule has 2 aliphatic carbocycles. The van der Waals surface area contributed by atoms with Gasteiger partial charge in [0.15, 0.2) is 0 Å². The van der Waals surface area contributed by atoms with E-state index in [-0.39, 0.29) is 11.8 Å². The Bertz CT molecular complexity index is 835. The van der Waals surface area contributed by atoms with E-state index in [0.717, 1.165) is 30.8 Å². The third-order valence-electron chi connectivity index (χ3n) is 5.49. The highest BCUT2D eigenvalue weighted by atomic mass is 16.1. The number of carbonyl (C=O) groups is 1. The lowest BCUT2D eigenvalue weighted by atomic mass is 9.82. The van der Waals surface area contributed by atoms with Crippen molar-refractivity contribution in [2.75, 3.05) is 20.6 Å². The van der Waals surface area contributed by atoms with Gasteiger partial charge < -0.3 is 9.47 Å². The Labute approximate surface area is 149 Å². The van der Waals surface area contributed by atoms with Crippen LogP contribution >= 0.6 is 0 Å². The predicted molar refractivity (Wildman–Crippen MR) is 102 cm³/mol. The second kappa shape index (κ2) is 6.26. The number of Topliss-reactive ketones (excluding diaryl/α,β-unsaturated/α-hetero) is 1. The van der Waals surface area contributed by atoms with Gasteiger partial charge in [-0.1, -0.05) is 19.1 Å². The standard InChI is InChI=1S/C21H25N3O/c1-14-17(19(25)10-11-23(2)3)7-8-18-20(14)22-13-16-6-4-5-15-9-12-24(18)21(15)16/h6-9,12-14,17H,4-5,10-11H2,1-3H3. The van der Waals surface area contributed by atoms with Crippen molar-refractivity contribution in [3.05, 3.63) is 47.4 Å². The lowest BCUT2D eigenvalue weighted by molar-refractivity contribution is -0.122. The molecule has 2 atom stereocenters. The van der Waals surface area contributed by atoms with Crippen molar-refractivity contribution in [1.82, 2.24) is 9.47 Å². The molecule has 0 bridgehead atoms. The highest BCUT2D eigenvalue weighted by Crippen LogP contribution is 2.39. The molecule has 4 rings (SSSR count). The zero-order valence-corrected chi connectivity index (χ0v) is 15.2. The Morgan fingerprint density at radius 3 is 3.04 bits per heavy atom. The molecular formula is C21H25N3O. The Kier molecular flexibility index (Phi) is 4.08. The minimum absolute atomic E-state index is 0.0787. The van der Waals surface area contributed by atoms with Gasteiger partial charge >= 0.3 is 0 Å². The molecule has 4 heteroatoms. The van der Waals surface area contributed by atoms with Crippen LogP contribution in [0.5, 0.6) is 0 Å². The Hall–Kier alpha value is -2.20. The number of nitrogens with zero attached hydrogens (tertiary/aromatic N) is 3. The maximum absolute atomic E-state index is 12.7. The summed E-state index contributed by atoms with van der Waals surface area (Å²) >= 11 is 0. The van der Waals surface area contributed by atoms with Gasteiger partial charge in [0, 0.05) is 42.8 Å². The van der Waals surface area contributed by atoms with Gasteiger partial charge in [-0.25, -0.2) is 0 Å². The molecule has 2 heterocycles. The van der Waals surface area contributed by atoms with Gasteiger partial charge in [-0.3, -0.25) is 9.79 Å². The molecule has 0 N–H and O–H groups in total. The van der Waals surface area contributed by atoms with E-state index in [1.165, 1.54) is 16.8 Å². The molecular weight excluding hydrogens is 310 g/mol. The SMILES string of the molecule is CC1C2=C(C=CC1C(=O)CCN(C)C)n1ccc3c1C(=CCC3)C=N2. The maximum Gasteiger partial charge on any atom is 0.141 e. The molecule has 0 amide bonds. The number of aliphatic imine (C=N–C) groups is 1. The van der Waals surface area contributed by atoms with Gasteiger partial charge in [0.05, 0.1) is 17.1 Å².